The monoisotopic (exact) mass is 288 g/mol. The first-order valence-electron chi connectivity index (χ1n) is 7.74. The van der Waals surface area contributed by atoms with Gasteiger partial charge in [-0.1, -0.05) is 0 Å². The summed E-state index contributed by atoms with van der Waals surface area (Å²) in [6, 6.07) is 0.558. The summed E-state index contributed by atoms with van der Waals surface area (Å²) in [5.41, 5.74) is 1.97. The van der Waals surface area contributed by atoms with Crippen LogP contribution in [0.4, 0.5) is 0 Å². The molecule has 5 nitrogen and oxygen atoms in total. The molecule has 0 N–H and O–H groups in total. The first-order chi connectivity index (χ1) is 10.0. The van der Waals surface area contributed by atoms with E-state index in [0.29, 0.717) is 23.8 Å². The minimum Gasteiger partial charge on any atom is -0.345 e. The zero-order valence-electron chi connectivity index (χ0n) is 13.1. The summed E-state index contributed by atoms with van der Waals surface area (Å²) in [7, 11) is 4.09. The number of nitrogens with zero attached hydrogens (tertiary/aromatic N) is 4. The Bertz CT molecular complexity index is 516. The lowest BCUT2D eigenvalue weighted by atomic mass is 9.88. The second kappa shape index (κ2) is 5.72. The van der Waals surface area contributed by atoms with Gasteiger partial charge in [-0.3, -0.25) is 19.7 Å². The first kappa shape index (κ1) is 14.4. The number of carbonyl (C=O) groups is 1. The lowest BCUT2D eigenvalue weighted by molar-refractivity contribution is -0.134. The van der Waals surface area contributed by atoms with Crippen molar-refractivity contribution >= 4 is 5.91 Å². The van der Waals surface area contributed by atoms with Crippen LogP contribution >= 0.6 is 0 Å². The summed E-state index contributed by atoms with van der Waals surface area (Å²) >= 11 is 0. The summed E-state index contributed by atoms with van der Waals surface area (Å²) in [5, 5.41) is 0. The molecule has 0 aromatic carbocycles. The predicted octanol–water partition coefficient (Wildman–Crippen LogP) is 1.47. The molecule has 2 heterocycles. The molecule has 114 valence electrons. The summed E-state index contributed by atoms with van der Waals surface area (Å²) in [6.45, 7) is 3.72. The molecule has 5 heteroatoms. The van der Waals surface area contributed by atoms with Crippen LogP contribution in [0.2, 0.25) is 0 Å². The standard InChI is InChI=1S/C16H24N4O/c1-11-7-18-14(8-17-11)10-19(2)15-4-12-6-16(21)20(3)9-13(12)5-15/h7-8,12-13,15H,4-6,9-10H2,1-3H3/t12-,13+,15-/m0/s1. The topological polar surface area (TPSA) is 49.3 Å². The number of aryl methyl sites for hydroxylation is 1. The Labute approximate surface area is 126 Å². The predicted molar refractivity (Wildman–Crippen MR) is 80.5 cm³/mol. The van der Waals surface area contributed by atoms with E-state index in [1.54, 1.807) is 0 Å². The maximum Gasteiger partial charge on any atom is 0.222 e. The van der Waals surface area contributed by atoms with E-state index in [1.807, 2.05) is 31.3 Å². The summed E-state index contributed by atoms with van der Waals surface area (Å²) in [6.07, 6.45) is 6.75. The molecule has 21 heavy (non-hydrogen) atoms. The SMILES string of the molecule is Cc1cnc(CN(C)[C@H]2C[C@H]3CC(=O)N(C)C[C@H]3C2)cn1. The Balaban J connectivity index is 1.60. The fraction of sp³-hybridized carbons (Fsp3) is 0.688. The molecule has 1 saturated carbocycles. The average Bonchev–Trinajstić information content (AvgIpc) is 2.85. The molecular weight excluding hydrogens is 264 g/mol. The van der Waals surface area contributed by atoms with Crippen LogP contribution in [-0.2, 0) is 11.3 Å². The van der Waals surface area contributed by atoms with Crippen LogP contribution in [0.5, 0.6) is 0 Å². The highest BCUT2D eigenvalue weighted by Crippen LogP contribution is 2.40. The van der Waals surface area contributed by atoms with Gasteiger partial charge in [0.05, 0.1) is 11.4 Å². The Morgan fingerprint density at radius 3 is 2.76 bits per heavy atom. The first-order valence-corrected chi connectivity index (χ1v) is 7.74. The van der Waals surface area contributed by atoms with Crippen LogP contribution in [0.3, 0.4) is 0 Å². The maximum atomic E-state index is 11.8. The number of carbonyl (C=O) groups excluding carboxylic acids is 1. The van der Waals surface area contributed by atoms with Crippen LogP contribution in [0.25, 0.3) is 0 Å². The third kappa shape index (κ3) is 3.07. The Kier molecular flexibility index (Phi) is 3.93. The van der Waals surface area contributed by atoms with Gasteiger partial charge in [0, 0.05) is 45.0 Å². The quantitative estimate of drug-likeness (QED) is 0.845. The van der Waals surface area contributed by atoms with Crippen molar-refractivity contribution in [3.8, 4) is 0 Å². The Morgan fingerprint density at radius 1 is 1.29 bits per heavy atom. The number of likely N-dealkylation sites (tertiary alicyclic amines) is 1. The van der Waals surface area contributed by atoms with Crippen LogP contribution in [0.1, 0.15) is 30.7 Å². The van der Waals surface area contributed by atoms with E-state index in [4.69, 9.17) is 0 Å². The van der Waals surface area contributed by atoms with Crippen molar-refractivity contribution in [2.24, 2.45) is 11.8 Å². The lowest BCUT2D eigenvalue weighted by Crippen LogP contribution is -2.39. The highest BCUT2D eigenvalue weighted by Gasteiger charge is 2.41. The number of fused-ring (bicyclic) bond motifs is 1. The second-order valence-corrected chi connectivity index (χ2v) is 6.69. The van der Waals surface area contributed by atoms with E-state index in [2.05, 4.69) is 21.9 Å². The average molecular weight is 288 g/mol. The fourth-order valence-electron chi connectivity index (χ4n) is 3.73. The summed E-state index contributed by atoms with van der Waals surface area (Å²) < 4.78 is 0. The highest BCUT2D eigenvalue weighted by molar-refractivity contribution is 5.77. The van der Waals surface area contributed by atoms with Crippen molar-refractivity contribution in [2.75, 3.05) is 20.6 Å². The van der Waals surface area contributed by atoms with E-state index in [1.165, 1.54) is 6.42 Å². The van der Waals surface area contributed by atoms with Crippen molar-refractivity contribution in [3.05, 3.63) is 23.8 Å². The number of aromatic nitrogens is 2. The molecule has 0 spiro atoms. The second-order valence-electron chi connectivity index (χ2n) is 6.69. The molecule has 1 amide bonds. The van der Waals surface area contributed by atoms with Crippen molar-refractivity contribution in [3.63, 3.8) is 0 Å². The zero-order valence-corrected chi connectivity index (χ0v) is 13.1. The molecule has 2 fully saturated rings. The van der Waals surface area contributed by atoms with Crippen LogP contribution < -0.4 is 0 Å². The van der Waals surface area contributed by atoms with Gasteiger partial charge in [0.25, 0.3) is 0 Å². The van der Waals surface area contributed by atoms with E-state index < -0.39 is 0 Å². The van der Waals surface area contributed by atoms with Gasteiger partial charge in [-0.15, -0.1) is 0 Å². The normalized spacial score (nSPS) is 29.0. The minimum atomic E-state index is 0.309. The van der Waals surface area contributed by atoms with E-state index in [9.17, 15) is 4.79 Å². The van der Waals surface area contributed by atoms with Gasteiger partial charge in [0.2, 0.25) is 5.91 Å². The molecule has 1 aromatic heterocycles. The molecule has 1 aromatic rings. The zero-order chi connectivity index (χ0) is 15.0. The third-order valence-electron chi connectivity index (χ3n) is 5.06. The van der Waals surface area contributed by atoms with Crippen LogP contribution in [0.15, 0.2) is 12.4 Å². The molecular formula is C16H24N4O. The minimum absolute atomic E-state index is 0.309. The van der Waals surface area contributed by atoms with Crippen molar-refractivity contribution < 1.29 is 4.79 Å². The van der Waals surface area contributed by atoms with Gasteiger partial charge in [0.15, 0.2) is 0 Å². The van der Waals surface area contributed by atoms with E-state index in [-0.39, 0.29) is 0 Å². The lowest BCUT2D eigenvalue weighted by Gasteiger charge is -2.31. The van der Waals surface area contributed by atoms with E-state index >= 15 is 0 Å². The van der Waals surface area contributed by atoms with Gasteiger partial charge in [-0.25, -0.2) is 0 Å². The van der Waals surface area contributed by atoms with Crippen molar-refractivity contribution in [1.29, 1.82) is 0 Å². The molecule has 0 unspecified atom stereocenters. The van der Waals surface area contributed by atoms with E-state index in [0.717, 1.165) is 37.3 Å². The van der Waals surface area contributed by atoms with Gasteiger partial charge in [-0.2, -0.15) is 0 Å². The van der Waals surface area contributed by atoms with Crippen molar-refractivity contribution in [2.45, 2.75) is 38.8 Å². The van der Waals surface area contributed by atoms with Gasteiger partial charge < -0.3 is 4.90 Å². The number of hydrogen-bond acceptors (Lipinski definition) is 4. The molecule has 1 saturated heterocycles. The number of hydrogen-bond donors (Lipinski definition) is 0. The van der Waals surface area contributed by atoms with Gasteiger partial charge in [0.1, 0.15) is 0 Å². The molecule has 1 aliphatic heterocycles. The largest absolute Gasteiger partial charge is 0.345 e. The smallest absolute Gasteiger partial charge is 0.222 e. The van der Waals surface area contributed by atoms with Crippen molar-refractivity contribution in [1.82, 2.24) is 19.8 Å². The van der Waals surface area contributed by atoms with Gasteiger partial charge >= 0.3 is 0 Å². The Morgan fingerprint density at radius 2 is 2.05 bits per heavy atom. The fourth-order valence-corrected chi connectivity index (χ4v) is 3.73. The molecule has 3 atom stereocenters. The molecule has 3 rings (SSSR count). The molecule has 0 radical (unpaired) electrons. The third-order valence-corrected chi connectivity index (χ3v) is 5.06. The maximum absolute atomic E-state index is 11.8. The number of piperidine rings is 1. The number of rotatable bonds is 3. The molecule has 1 aliphatic carbocycles. The van der Waals surface area contributed by atoms with Crippen LogP contribution in [0, 0.1) is 18.8 Å². The van der Waals surface area contributed by atoms with Gasteiger partial charge in [-0.05, 0) is 38.6 Å². The Hall–Kier alpha value is -1.49. The summed E-state index contributed by atoms with van der Waals surface area (Å²) in [5.74, 6) is 1.55. The highest BCUT2D eigenvalue weighted by atomic mass is 16.2. The molecule has 0 bridgehead atoms. The number of amides is 1. The molecule has 2 aliphatic rings. The summed E-state index contributed by atoms with van der Waals surface area (Å²) in [4.78, 5) is 24.9. The van der Waals surface area contributed by atoms with Crippen LogP contribution in [-0.4, -0.2) is 52.4 Å².